The summed E-state index contributed by atoms with van der Waals surface area (Å²) in [6, 6.07) is 0. The van der Waals surface area contributed by atoms with Crippen LogP contribution < -0.4 is 10.6 Å². The fourth-order valence-electron chi connectivity index (χ4n) is 2.17. The summed E-state index contributed by atoms with van der Waals surface area (Å²) in [5.74, 6) is 0.560. The van der Waals surface area contributed by atoms with Crippen LogP contribution in [0.3, 0.4) is 0 Å². The number of hydrogen-bond acceptors (Lipinski definition) is 4. The van der Waals surface area contributed by atoms with E-state index in [4.69, 9.17) is 9.47 Å². The van der Waals surface area contributed by atoms with Crippen molar-refractivity contribution in [2.24, 2.45) is 5.92 Å². The van der Waals surface area contributed by atoms with E-state index < -0.39 is 0 Å². The number of carbonyl (C=O) groups excluding carboxylic acids is 1. The number of amides is 1. The molecule has 106 valence electrons. The van der Waals surface area contributed by atoms with Crippen LogP contribution in [0.15, 0.2) is 0 Å². The van der Waals surface area contributed by atoms with E-state index in [1.54, 1.807) is 0 Å². The van der Waals surface area contributed by atoms with Gasteiger partial charge in [0.1, 0.15) is 0 Å². The molecule has 0 aromatic carbocycles. The van der Waals surface area contributed by atoms with Crippen LogP contribution in [0, 0.1) is 5.92 Å². The van der Waals surface area contributed by atoms with E-state index in [1.165, 1.54) is 6.42 Å². The van der Waals surface area contributed by atoms with E-state index in [1.807, 2.05) is 13.8 Å². The Hall–Kier alpha value is -0.650. The van der Waals surface area contributed by atoms with Crippen LogP contribution in [0.25, 0.3) is 0 Å². The molecule has 0 aromatic heterocycles. The molecule has 1 saturated heterocycles. The van der Waals surface area contributed by atoms with Crippen LogP contribution in [-0.2, 0) is 14.3 Å². The van der Waals surface area contributed by atoms with Gasteiger partial charge in [-0.05, 0) is 45.7 Å². The molecule has 0 aliphatic carbocycles. The number of carbonyl (C=O) groups is 1. The van der Waals surface area contributed by atoms with E-state index in [-0.39, 0.29) is 12.2 Å². The third kappa shape index (κ3) is 6.33. The van der Waals surface area contributed by atoms with Gasteiger partial charge >= 0.3 is 0 Å². The Morgan fingerprint density at radius 3 is 2.67 bits per heavy atom. The number of hydrogen-bond donors (Lipinski definition) is 2. The van der Waals surface area contributed by atoms with Gasteiger partial charge in [0.15, 0.2) is 6.29 Å². The SMILES string of the molecule is CCOC(CNC(=O)CC1CCCNC1)OCC. The zero-order valence-electron chi connectivity index (χ0n) is 11.5. The first-order valence-corrected chi connectivity index (χ1v) is 6.96. The second-order valence-corrected chi connectivity index (χ2v) is 4.56. The summed E-state index contributed by atoms with van der Waals surface area (Å²) in [4.78, 5) is 11.8. The maximum atomic E-state index is 11.8. The Balaban J connectivity index is 2.17. The number of piperidine rings is 1. The Morgan fingerprint density at radius 2 is 2.11 bits per heavy atom. The molecule has 1 aliphatic rings. The Morgan fingerprint density at radius 1 is 1.39 bits per heavy atom. The lowest BCUT2D eigenvalue weighted by Gasteiger charge is -2.23. The molecule has 1 fully saturated rings. The molecule has 18 heavy (non-hydrogen) atoms. The number of ether oxygens (including phenoxy) is 2. The molecule has 1 unspecified atom stereocenters. The molecule has 2 N–H and O–H groups in total. The minimum Gasteiger partial charge on any atom is -0.351 e. The van der Waals surface area contributed by atoms with Crippen molar-refractivity contribution in [3.05, 3.63) is 0 Å². The standard InChI is InChI=1S/C13H26N2O3/c1-3-17-13(18-4-2)10-15-12(16)8-11-6-5-7-14-9-11/h11,13-14H,3-10H2,1-2H3,(H,15,16). The summed E-state index contributed by atoms with van der Waals surface area (Å²) >= 11 is 0. The van der Waals surface area contributed by atoms with Crippen LogP contribution in [-0.4, -0.2) is 45.0 Å². The van der Waals surface area contributed by atoms with Crippen molar-refractivity contribution in [3.63, 3.8) is 0 Å². The highest BCUT2D eigenvalue weighted by molar-refractivity contribution is 5.76. The molecule has 1 heterocycles. The quantitative estimate of drug-likeness (QED) is 0.635. The highest BCUT2D eigenvalue weighted by Crippen LogP contribution is 2.13. The van der Waals surface area contributed by atoms with Crippen molar-refractivity contribution in [2.45, 2.75) is 39.4 Å². The van der Waals surface area contributed by atoms with Crippen molar-refractivity contribution in [2.75, 3.05) is 32.8 Å². The van der Waals surface area contributed by atoms with E-state index >= 15 is 0 Å². The van der Waals surface area contributed by atoms with Crippen LogP contribution in [0.2, 0.25) is 0 Å². The second kappa shape index (κ2) is 9.30. The number of nitrogens with one attached hydrogen (secondary N) is 2. The van der Waals surface area contributed by atoms with Gasteiger partial charge in [-0.2, -0.15) is 0 Å². The predicted molar refractivity (Wildman–Crippen MR) is 70.3 cm³/mol. The third-order valence-electron chi connectivity index (χ3n) is 3.04. The molecule has 1 amide bonds. The summed E-state index contributed by atoms with van der Waals surface area (Å²) in [5, 5.41) is 6.20. The Labute approximate surface area is 110 Å². The molecular weight excluding hydrogens is 232 g/mol. The zero-order chi connectivity index (χ0) is 13.2. The smallest absolute Gasteiger partial charge is 0.220 e. The molecular formula is C13H26N2O3. The van der Waals surface area contributed by atoms with Crippen molar-refractivity contribution in [3.8, 4) is 0 Å². The van der Waals surface area contributed by atoms with Gasteiger partial charge in [-0.3, -0.25) is 4.79 Å². The largest absolute Gasteiger partial charge is 0.351 e. The summed E-state index contributed by atoms with van der Waals surface area (Å²) in [5.41, 5.74) is 0. The summed E-state index contributed by atoms with van der Waals surface area (Å²) in [6.45, 7) is 7.48. The summed E-state index contributed by atoms with van der Waals surface area (Å²) in [7, 11) is 0. The van der Waals surface area contributed by atoms with Crippen LogP contribution in [0.4, 0.5) is 0 Å². The third-order valence-corrected chi connectivity index (χ3v) is 3.04. The minimum atomic E-state index is -0.326. The van der Waals surface area contributed by atoms with Crippen molar-refractivity contribution in [1.29, 1.82) is 0 Å². The molecule has 0 spiro atoms. The number of rotatable bonds is 8. The second-order valence-electron chi connectivity index (χ2n) is 4.56. The first kappa shape index (κ1) is 15.4. The highest BCUT2D eigenvalue weighted by Gasteiger charge is 2.17. The van der Waals surface area contributed by atoms with Gasteiger partial charge in [0, 0.05) is 19.6 Å². The van der Waals surface area contributed by atoms with Crippen LogP contribution in [0.5, 0.6) is 0 Å². The predicted octanol–water partition coefficient (Wildman–Crippen LogP) is 0.891. The molecule has 1 atom stereocenters. The van der Waals surface area contributed by atoms with E-state index in [9.17, 15) is 4.79 Å². The molecule has 0 radical (unpaired) electrons. The van der Waals surface area contributed by atoms with Gasteiger partial charge in [0.2, 0.25) is 5.91 Å². The van der Waals surface area contributed by atoms with Gasteiger partial charge in [0.25, 0.3) is 0 Å². The van der Waals surface area contributed by atoms with Gasteiger partial charge in [-0.15, -0.1) is 0 Å². The average Bonchev–Trinajstić information content (AvgIpc) is 2.38. The molecule has 0 aromatic rings. The van der Waals surface area contributed by atoms with Crippen molar-refractivity contribution in [1.82, 2.24) is 10.6 Å². The maximum absolute atomic E-state index is 11.8. The van der Waals surface area contributed by atoms with Gasteiger partial charge < -0.3 is 20.1 Å². The fourth-order valence-corrected chi connectivity index (χ4v) is 2.17. The lowest BCUT2D eigenvalue weighted by Crippen LogP contribution is -2.38. The van der Waals surface area contributed by atoms with E-state index in [2.05, 4.69) is 10.6 Å². The van der Waals surface area contributed by atoms with Crippen molar-refractivity contribution >= 4 is 5.91 Å². The average molecular weight is 258 g/mol. The Bertz CT molecular complexity index is 224. The monoisotopic (exact) mass is 258 g/mol. The molecule has 0 saturated carbocycles. The normalized spacial score (nSPS) is 20.1. The first-order valence-electron chi connectivity index (χ1n) is 6.96. The zero-order valence-corrected chi connectivity index (χ0v) is 11.5. The molecule has 0 bridgehead atoms. The minimum absolute atomic E-state index is 0.0908. The summed E-state index contributed by atoms with van der Waals surface area (Å²) < 4.78 is 10.7. The maximum Gasteiger partial charge on any atom is 0.220 e. The van der Waals surface area contributed by atoms with Crippen LogP contribution >= 0.6 is 0 Å². The topological polar surface area (TPSA) is 59.6 Å². The highest BCUT2D eigenvalue weighted by atomic mass is 16.7. The van der Waals surface area contributed by atoms with Gasteiger partial charge in [-0.1, -0.05) is 0 Å². The van der Waals surface area contributed by atoms with E-state index in [0.29, 0.717) is 32.1 Å². The summed E-state index contributed by atoms with van der Waals surface area (Å²) in [6.07, 6.45) is 2.57. The van der Waals surface area contributed by atoms with E-state index in [0.717, 1.165) is 19.5 Å². The van der Waals surface area contributed by atoms with Gasteiger partial charge in [0.05, 0.1) is 6.54 Å². The molecule has 1 rings (SSSR count). The molecule has 1 aliphatic heterocycles. The lowest BCUT2D eigenvalue weighted by molar-refractivity contribution is -0.140. The lowest BCUT2D eigenvalue weighted by atomic mass is 9.96. The fraction of sp³-hybridized carbons (Fsp3) is 0.923. The molecule has 5 nitrogen and oxygen atoms in total. The molecule has 5 heteroatoms. The van der Waals surface area contributed by atoms with Crippen molar-refractivity contribution < 1.29 is 14.3 Å². The first-order chi connectivity index (χ1) is 8.76. The van der Waals surface area contributed by atoms with Crippen LogP contribution in [0.1, 0.15) is 33.1 Å². The Kier molecular flexibility index (Phi) is 7.96. The van der Waals surface area contributed by atoms with Gasteiger partial charge in [-0.25, -0.2) is 0 Å².